The normalized spacial score (nSPS) is 10.5. The highest BCUT2D eigenvalue weighted by atomic mass is 16.6. The van der Waals surface area contributed by atoms with Crippen LogP contribution in [0.15, 0.2) is 42.5 Å². The van der Waals surface area contributed by atoms with Crippen molar-refractivity contribution in [2.45, 2.75) is 26.2 Å². The lowest BCUT2D eigenvalue weighted by molar-refractivity contribution is -0.177. The first-order valence-corrected chi connectivity index (χ1v) is 8.62. The molecular weight excluding hydrogens is 368 g/mol. The molecule has 0 bridgehead atoms. The zero-order valence-electron chi connectivity index (χ0n) is 16.2. The quantitative estimate of drug-likeness (QED) is 0.149. The fourth-order valence-electron chi connectivity index (χ4n) is 2.30. The molecule has 0 aromatic heterocycles. The molecule has 8 heteroatoms. The van der Waals surface area contributed by atoms with Crippen molar-refractivity contribution in [3.05, 3.63) is 42.5 Å². The van der Waals surface area contributed by atoms with Crippen molar-refractivity contribution < 1.29 is 38.1 Å². The number of methoxy groups -OCH3 is 2. The van der Waals surface area contributed by atoms with Crippen LogP contribution in [0.5, 0.6) is 5.75 Å². The molecule has 1 rings (SSSR count). The van der Waals surface area contributed by atoms with Crippen LogP contribution in [0.2, 0.25) is 0 Å². The summed E-state index contributed by atoms with van der Waals surface area (Å²) in [4.78, 5) is 49.9. The Bertz CT molecular complexity index is 707. The lowest BCUT2D eigenvalue weighted by atomic mass is 9.81. The van der Waals surface area contributed by atoms with Crippen LogP contribution in [0.4, 0.5) is 0 Å². The number of hydrogen-bond donors (Lipinski definition) is 0. The highest BCUT2D eigenvalue weighted by Crippen LogP contribution is 2.32. The summed E-state index contributed by atoms with van der Waals surface area (Å²) in [6.07, 6.45) is 0.731. The molecule has 1 aromatic rings. The molecule has 0 aliphatic heterocycles. The maximum absolute atomic E-state index is 12.8. The number of ether oxygens (including phenoxy) is 4. The number of carbonyl (C=O) groups excluding carboxylic acids is 4. The Morgan fingerprint density at radius 2 is 1.54 bits per heavy atom. The molecule has 8 nitrogen and oxygen atoms in total. The fraction of sp³-hybridized carbons (Fsp3) is 0.400. The molecule has 0 saturated carbocycles. The molecule has 0 N–H and O–H groups in total. The number of unbranched alkanes of at least 4 members (excludes halogenated alkanes) is 1. The van der Waals surface area contributed by atoms with Gasteiger partial charge in [-0.3, -0.25) is 9.59 Å². The van der Waals surface area contributed by atoms with E-state index < -0.39 is 35.7 Å². The Morgan fingerprint density at radius 1 is 0.964 bits per heavy atom. The van der Waals surface area contributed by atoms with Gasteiger partial charge in [0.15, 0.2) is 0 Å². The van der Waals surface area contributed by atoms with Crippen molar-refractivity contribution in [2.75, 3.05) is 20.8 Å². The molecule has 0 saturated heterocycles. The second-order valence-electron chi connectivity index (χ2n) is 5.86. The van der Waals surface area contributed by atoms with Crippen molar-refractivity contribution >= 4 is 23.9 Å². The largest absolute Gasteiger partial charge is 0.468 e. The molecule has 0 radical (unpaired) electrons. The van der Waals surface area contributed by atoms with Crippen LogP contribution in [0.3, 0.4) is 0 Å². The van der Waals surface area contributed by atoms with Crippen LogP contribution in [0.1, 0.15) is 26.2 Å². The number of rotatable bonds is 10. The average molecular weight is 392 g/mol. The van der Waals surface area contributed by atoms with Crippen molar-refractivity contribution in [2.24, 2.45) is 5.41 Å². The number of esters is 4. The van der Waals surface area contributed by atoms with Gasteiger partial charge in [-0.2, -0.15) is 0 Å². The molecule has 28 heavy (non-hydrogen) atoms. The Labute approximate surface area is 163 Å². The van der Waals surface area contributed by atoms with E-state index in [0.29, 0.717) is 6.42 Å². The van der Waals surface area contributed by atoms with E-state index in [1.54, 1.807) is 18.2 Å². The van der Waals surface area contributed by atoms with Crippen LogP contribution in [-0.4, -0.2) is 44.7 Å². The smallest absolute Gasteiger partial charge is 0.340 e. The maximum Gasteiger partial charge on any atom is 0.340 e. The standard InChI is InChI=1S/C20H24O8/c1-5-6-12-27-16(21)14(2)13-20(17(22)25-3,18(23)26-4)19(24)28-15-10-8-7-9-11-15/h7-11H,2,5-6,12-13H2,1,3-4H3. The predicted octanol–water partition coefficient (Wildman–Crippen LogP) is 2.21. The van der Waals surface area contributed by atoms with E-state index in [-0.39, 0.29) is 17.9 Å². The topological polar surface area (TPSA) is 105 Å². The molecule has 0 heterocycles. The minimum absolute atomic E-state index is 0.0980. The summed E-state index contributed by atoms with van der Waals surface area (Å²) < 4.78 is 19.5. The van der Waals surface area contributed by atoms with E-state index in [2.05, 4.69) is 16.1 Å². The Kier molecular flexibility index (Phi) is 8.87. The minimum Gasteiger partial charge on any atom is -0.468 e. The minimum atomic E-state index is -2.56. The zero-order valence-corrected chi connectivity index (χ0v) is 16.2. The first-order chi connectivity index (χ1) is 13.3. The third-order valence-corrected chi connectivity index (χ3v) is 3.87. The molecule has 0 atom stereocenters. The first kappa shape index (κ1) is 22.9. The van der Waals surface area contributed by atoms with Crippen LogP contribution in [0.25, 0.3) is 0 Å². The van der Waals surface area contributed by atoms with Gasteiger partial charge in [0.05, 0.1) is 20.8 Å². The number of benzene rings is 1. The second-order valence-corrected chi connectivity index (χ2v) is 5.86. The number of carbonyl (C=O) groups is 4. The van der Waals surface area contributed by atoms with Gasteiger partial charge in [0.25, 0.3) is 5.41 Å². The van der Waals surface area contributed by atoms with Crippen LogP contribution in [-0.2, 0) is 33.4 Å². The predicted molar refractivity (Wildman–Crippen MR) is 98.2 cm³/mol. The SMILES string of the molecule is C=C(CC(C(=O)OC)(C(=O)OC)C(=O)Oc1ccccc1)C(=O)OCCCC. The molecule has 0 fully saturated rings. The van der Waals surface area contributed by atoms with E-state index >= 15 is 0 Å². The molecule has 0 aliphatic rings. The summed E-state index contributed by atoms with van der Waals surface area (Å²) in [5.41, 5.74) is -2.82. The molecule has 0 spiro atoms. The molecule has 1 aromatic carbocycles. The number of hydrogen-bond acceptors (Lipinski definition) is 8. The summed E-state index contributed by atoms with van der Waals surface area (Å²) >= 11 is 0. The number of para-hydroxylation sites is 1. The summed E-state index contributed by atoms with van der Waals surface area (Å²) in [7, 11) is 2.00. The third-order valence-electron chi connectivity index (χ3n) is 3.87. The highest BCUT2D eigenvalue weighted by Gasteiger charge is 2.58. The van der Waals surface area contributed by atoms with Crippen LogP contribution < -0.4 is 4.74 Å². The van der Waals surface area contributed by atoms with Gasteiger partial charge in [-0.05, 0) is 18.6 Å². The Hall–Kier alpha value is -3.16. The van der Waals surface area contributed by atoms with E-state index in [0.717, 1.165) is 20.6 Å². The lowest BCUT2D eigenvalue weighted by Gasteiger charge is -2.26. The highest BCUT2D eigenvalue weighted by molar-refractivity contribution is 6.19. The molecule has 152 valence electrons. The average Bonchev–Trinajstić information content (AvgIpc) is 2.71. The molecular formula is C20H24O8. The van der Waals surface area contributed by atoms with Gasteiger partial charge in [0, 0.05) is 12.0 Å². The lowest BCUT2D eigenvalue weighted by Crippen LogP contribution is -2.50. The van der Waals surface area contributed by atoms with Gasteiger partial charge in [-0.25, -0.2) is 9.59 Å². The summed E-state index contributed by atoms with van der Waals surface area (Å²) in [6.45, 7) is 5.61. The monoisotopic (exact) mass is 392 g/mol. The summed E-state index contributed by atoms with van der Waals surface area (Å²) in [5, 5.41) is 0. The van der Waals surface area contributed by atoms with Gasteiger partial charge < -0.3 is 18.9 Å². The van der Waals surface area contributed by atoms with Gasteiger partial charge in [-0.15, -0.1) is 0 Å². The van der Waals surface area contributed by atoms with Crippen molar-refractivity contribution in [3.8, 4) is 5.75 Å². The maximum atomic E-state index is 12.8. The Morgan fingerprint density at radius 3 is 2.04 bits per heavy atom. The molecule has 0 aliphatic carbocycles. The van der Waals surface area contributed by atoms with E-state index in [1.165, 1.54) is 12.1 Å². The van der Waals surface area contributed by atoms with Crippen LogP contribution >= 0.6 is 0 Å². The Balaban J connectivity index is 3.20. The molecule has 0 amide bonds. The summed E-state index contributed by atoms with van der Waals surface area (Å²) in [6, 6.07) is 7.82. The first-order valence-electron chi connectivity index (χ1n) is 8.62. The van der Waals surface area contributed by atoms with Crippen LogP contribution in [0, 0.1) is 5.41 Å². The zero-order chi connectivity index (χ0) is 21.2. The van der Waals surface area contributed by atoms with Crippen molar-refractivity contribution in [1.29, 1.82) is 0 Å². The van der Waals surface area contributed by atoms with E-state index in [1.807, 2.05) is 6.92 Å². The van der Waals surface area contributed by atoms with Gasteiger partial charge in [0.2, 0.25) is 0 Å². The fourth-order valence-corrected chi connectivity index (χ4v) is 2.30. The van der Waals surface area contributed by atoms with E-state index in [4.69, 9.17) is 9.47 Å². The van der Waals surface area contributed by atoms with Crippen molar-refractivity contribution in [1.82, 2.24) is 0 Å². The van der Waals surface area contributed by atoms with Gasteiger partial charge in [0.1, 0.15) is 5.75 Å². The second kappa shape index (κ2) is 10.9. The van der Waals surface area contributed by atoms with E-state index in [9.17, 15) is 19.2 Å². The van der Waals surface area contributed by atoms with Crippen molar-refractivity contribution in [3.63, 3.8) is 0 Å². The van der Waals surface area contributed by atoms with Gasteiger partial charge >= 0.3 is 23.9 Å². The van der Waals surface area contributed by atoms with Gasteiger partial charge in [-0.1, -0.05) is 38.1 Å². The summed E-state index contributed by atoms with van der Waals surface area (Å²) in [5.74, 6) is -4.45. The molecule has 0 unspecified atom stereocenters. The third kappa shape index (κ3) is 5.42.